The molecule has 0 aliphatic carbocycles. The molecule has 1 aromatic rings. The third kappa shape index (κ3) is 4.88. The van der Waals surface area contributed by atoms with E-state index in [9.17, 15) is 9.90 Å². The van der Waals surface area contributed by atoms with E-state index < -0.39 is 5.60 Å². The first-order valence-electron chi connectivity index (χ1n) is 6.48. The third-order valence-corrected chi connectivity index (χ3v) is 3.31. The van der Waals surface area contributed by atoms with Gasteiger partial charge in [-0.3, -0.25) is 4.79 Å². The molecule has 3 nitrogen and oxygen atoms in total. The highest BCUT2D eigenvalue weighted by Crippen LogP contribution is 2.10. The Labute approximate surface area is 109 Å². The maximum Gasteiger partial charge on any atom is 0.220 e. The van der Waals surface area contributed by atoms with Crippen molar-refractivity contribution in [3.8, 4) is 0 Å². The fourth-order valence-corrected chi connectivity index (χ4v) is 1.64. The molecule has 1 amide bonds. The van der Waals surface area contributed by atoms with Gasteiger partial charge in [-0.1, -0.05) is 31.2 Å². The minimum atomic E-state index is -0.807. The van der Waals surface area contributed by atoms with Crippen molar-refractivity contribution in [3.63, 3.8) is 0 Å². The molecule has 0 aliphatic rings. The monoisotopic (exact) mass is 249 g/mol. The molecule has 0 saturated carbocycles. The Hall–Kier alpha value is -1.35. The summed E-state index contributed by atoms with van der Waals surface area (Å²) < 4.78 is 0. The molecule has 0 saturated heterocycles. The number of aryl methyl sites for hydroxylation is 2. The quantitative estimate of drug-likeness (QED) is 0.812. The first-order chi connectivity index (χ1) is 8.44. The van der Waals surface area contributed by atoms with Gasteiger partial charge in [0.15, 0.2) is 0 Å². The van der Waals surface area contributed by atoms with Crippen LogP contribution in [0.1, 0.15) is 37.8 Å². The summed E-state index contributed by atoms with van der Waals surface area (Å²) in [5.74, 6) is -0.00743. The molecule has 3 heteroatoms. The molecule has 0 radical (unpaired) electrons. The van der Waals surface area contributed by atoms with E-state index in [2.05, 4.69) is 18.3 Å². The van der Waals surface area contributed by atoms with E-state index >= 15 is 0 Å². The Morgan fingerprint density at radius 2 is 2.06 bits per heavy atom. The van der Waals surface area contributed by atoms with Crippen molar-refractivity contribution in [1.29, 1.82) is 0 Å². The van der Waals surface area contributed by atoms with Gasteiger partial charge in [0.25, 0.3) is 0 Å². The van der Waals surface area contributed by atoms with Crippen molar-refractivity contribution in [2.24, 2.45) is 0 Å². The lowest BCUT2D eigenvalue weighted by atomic mass is 10.0. The molecule has 0 heterocycles. The van der Waals surface area contributed by atoms with Crippen LogP contribution in [0.25, 0.3) is 0 Å². The number of carbonyl (C=O) groups excluding carboxylic acids is 1. The van der Waals surface area contributed by atoms with E-state index in [-0.39, 0.29) is 5.91 Å². The van der Waals surface area contributed by atoms with Crippen molar-refractivity contribution in [2.75, 3.05) is 6.54 Å². The topological polar surface area (TPSA) is 49.3 Å². The van der Waals surface area contributed by atoms with Gasteiger partial charge in [-0.15, -0.1) is 0 Å². The summed E-state index contributed by atoms with van der Waals surface area (Å²) in [7, 11) is 0. The van der Waals surface area contributed by atoms with Crippen LogP contribution in [0.4, 0.5) is 0 Å². The lowest BCUT2D eigenvalue weighted by molar-refractivity contribution is -0.122. The number of amides is 1. The van der Waals surface area contributed by atoms with Crippen LogP contribution < -0.4 is 5.32 Å². The van der Waals surface area contributed by atoms with Crippen molar-refractivity contribution in [3.05, 3.63) is 35.4 Å². The standard InChI is InChI=1S/C15H23NO2/c1-4-15(3,18)11-16-14(17)10-9-13-8-6-5-7-12(13)2/h5-8,18H,4,9-11H2,1-3H3,(H,16,17). The molecule has 0 aromatic heterocycles. The number of carbonyl (C=O) groups is 1. The Kier molecular flexibility index (Phi) is 5.35. The Bertz CT molecular complexity index is 399. The smallest absolute Gasteiger partial charge is 0.220 e. The van der Waals surface area contributed by atoms with Gasteiger partial charge >= 0.3 is 0 Å². The fourth-order valence-electron chi connectivity index (χ4n) is 1.64. The molecule has 2 N–H and O–H groups in total. The van der Waals surface area contributed by atoms with E-state index in [4.69, 9.17) is 0 Å². The molecule has 0 aliphatic heterocycles. The predicted octanol–water partition coefficient (Wildman–Crippen LogP) is 2.20. The normalized spacial score (nSPS) is 14.0. The van der Waals surface area contributed by atoms with Gasteiger partial charge in [-0.05, 0) is 37.8 Å². The number of rotatable bonds is 6. The summed E-state index contributed by atoms with van der Waals surface area (Å²) in [6.07, 6.45) is 1.84. The van der Waals surface area contributed by atoms with Gasteiger partial charge in [-0.2, -0.15) is 0 Å². The minimum Gasteiger partial charge on any atom is -0.388 e. The van der Waals surface area contributed by atoms with Crippen molar-refractivity contribution < 1.29 is 9.90 Å². The molecule has 1 rings (SSSR count). The van der Waals surface area contributed by atoms with E-state index in [1.807, 2.05) is 25.1 Å². The van der Waals surface area contributed by atoms with Crippen LogP contribution >= 0.6 is 0 Å². The molecule has 100 valence electrons. The van der Waals surface area contributed by atoms with Crippen molar-refractivity contribution >= 4 is 5.91 Å². The summed E-state index contributed by atoms with van der Waals surface area (Å²) in [4.78, 5) is 11.7. The zero-order valence-corrected chi connectivity index (χ0v) is 11.5. The van der Waals surface area contributed by atoms with Gasteiger partial charge in [0.05, 0.1) is 5.60 Å². The third-order valence-electron chi connectivity index (χ3n) is 3.31. The van der Waals surface area contributed by atoms with Crippen molar-refractivity contribution in [2.45, 2.75) is 45.6 Å². The fraction of sp³-hybridized carbons (Fsp3) is 0.533. The number of hydrogen-bond donors (Lipinski definition) is 2. The van der Waals surface area contributed by atoms with E-state index in [1.54, 1.807) is 6.92 Å². The van der Waals surface area contributed by atoms with Crippen LogP contribution in [0.2, 0.25) is 0 Å². The van der Waals surface area contributed by atoms with Crippen LogP contribution in [0.3, 0.4) is 0 Å². The molecule has 1 unspecified atom stereocenters. The molecular formula is C15H23NO2. The second-order valence-electron chi connectivity index (χ2n) is 5.05. The molecular weight excluding hydrogens is 226 g/mol. The zero-order valence-electron chi connectivity index (χ0n) is 11.5. The highest BCUT2D eigenvalue weighted by molar-refractivity contribution is 5.76. The summed E-state index contributed by atoms with van der Waals surface area (Å²) in [6, 6.07) is 8.08. The summed E-state index contributed by atoms with van der Waals surface area (Å²) in [6.45, 7) is 6.00. The van der Waals surface area contributed by atoms with Crippen LogP contribution in [0.5, 0.6) is 0 Å². The largest absolute Gasteiger partial charge is 0.388 e. The van der Waals surface area contributed by atoms with E-state index in [0.29, 0.717) is 19.4 Å². The number of hydrogen-bond acceptors (Lipinski definition) is 2. The SMILES string of the molecule is CCC(C)(O)CNC(=O)CCc1ccccc1C. The van der Waals surface area contributed by atoms with E-state index in [0.717, 1.165) is 6.42 Å². The molecule has 0 bridgehead atoms. The molecule has 0 fully saturated rings. The lowest BCUT2D eigenvalue weighted by Crippen LogP contribution is -2.40. The average molecular weight is 249 g/mol. The zero-order chi connectivity index (χ0) is 13.6. The Balaban J connectivity index is 2.36. The molecule has 1 atom stereocenters. The highest BCUT2D eigenvalue weighted by Gasteiger charge is 2.18. The maximum atomic E-state index is 11.7. The number of aliphatic hydroxyl groups is 1. The second-order valence-corrected chi connectivity index (χ2v) is 5.05. The highest BCUT2D eigenvalue weighted by atomic mass is 16.3. The van der Waals surface area contributed by atoms with Gasteiger partial charge in [-0.25, -0.2) is 0 Å². The van der Waals surface area contributed by atoms with Gasteiger partial charge in [0.1, 0.15) is 0 Å². The molecule has 1 aromatic carbocycles. The lowest BCUT2D eigenvalue weighted by Gasteiger charge is -2.21. The summed E-state index contributed by atoms with van der Waals surface area (Å²) in [5.41, 5.74) is 1.61. The molecule has 0 spiro atoms. The number of nitrogens with one attached hydrogen (secondary N) is 1. The van der Waals surface area contributed by atoms with E-state index in [1.165, 1.54) is 11.1 Å². The summed E-state index contributed by atoms with van der Waals surface area (Å²) in [5, 5.41) is 12.6. The molecule has 18 heavy (non-hydrogen) atoms. The van der Waals surface area contributed by atoms with Gasteiger partial charge < -0.3 is 10.4 Å². The predicted molar refractivity (Wildman–Crippen MR) is 73.4 cm³/mol. The van der Waals surface area contributed by atoms with Gasteiger partial charge in [0.2, 0.25) is 5.91 Å². The Morgan fingerprint density at radius 3 is 2.67 bits per heavy atom. The Morgan fingerprint density at radius 1 is 1.39 bits per heavy atom. The van der Waals surface area contributed by atoms with Gasteiger partial charge in [0, 0.05) is 13.0 Å². The average Bonchev–Trinajstić information content (AvgIpc) is 2.35. The van der Waals surface area contributed by atoms with Crippen LogP contribution in [-0.4, -0.2) is 23.2 Å². The first kappa shape index (κ1) is 14.7. The maximum absolute atomic E-state index is 11.7. The summed E-state index contributed by atoms with van der Waals surface area (Å²) >= 11 is 0. The van der Waals surface area contributed by atoms with Crippen LogP contribution in [-0.2, 0) is 11.2 Å². The van der Waals surface area contributed by atoms with Crippen LogP contribution in [0.15, 0.2) is 24.3 Å². The number of benzene rings is 1. The second kappa shape index (κ2) is 6.55. The van der Waals surface area contributed by atoms with Crippen LogP contribution in [0, 0.1) is 6.92 Å². The minimum absolute atomic E-state index is 0.00743. The first-order valence-corrected chi connectivity index (χ1v) is 6.48. The van der Waals surface area contributed by atoms with Crippen molar-refractivity contribution in [1.82, 2.24) is 5.32 Å².